The van der Waals surface area contributed by atoms with Crippen LogP contribution in [0.4, 0.5) is 0 Å². The minimum atomic E-state index is 0.493. The molecule has 0 aliphatic carbocycles. The van der Waals surface area contributed by atoms with E-state index in [0.717, 1.165) is 6.29 Å². The zero-order valence-electron chi connectivity index (χ0n) is 5.68. The summed E-state index contributed by atoms with van der Waals surface area (Å²) in [6.45, 7) is 3.53. The summed E-state index contributed by atoms with van der Waals surface area (Å²) in [5.74, 6) is 5.30. The molecule has 0 aromatic heterocycles. The number of rotatable bonds is 3. The van der Waals surface area contributed by atoms with Gasteiger partial charge in [-0.05, 0) is 13.3 Å². The maximum Gasteiger partial charge on any atom is 0.149 e. The highest BCUT2D eigenvalue weighted by Crippen LogP contribution is 2.03. The molecule has 0 spiro atoms. The molecule has 0 saturated carbocycles. The SMILES string of the molecule is CC/C(C=O)=C(/C)ON. The molecule has 0 aliphatic rings. The van der Waals surface area contributed by atoms with Crippen molar-refractivity contribution in [3.63, 3.8) is 0 Å². The fourth-order valence-corrected chi connectivity index (χ4v) is 0.491. The van der Waals surface area contributed by atoms with Gasteiger partial charge in [-0.25, -0.2) is 0 Å². The van der Waals surface area contributed by atoms with E-state index in [4.69, 9.17) is 5.90 Å². The lowest BCUT2D eigenvalue weighted by Crippen LogP contribution is -2.00. The van der Waals surface area contributed by atoms with Crippen molar-refractivity contribution >= 4 is 6.29 Å². The molecule has 3 heteroatoms. The largest absolute Gasteiger partial charge is 0.416 e. The molecule has 0 radical (unpaired) electrons. The number of nitrogens with two attached hydrogens (primary N) is 1. The number of carbonyl (C=O) groups is 1. The van der Waals surface area contributed by atoms with E-state index >= 15 is 0 Å². The molecule has 0 aromatic carbocycles. The first-order valence-electron chi connectivity index (χ1n) is 2.77. The summed E-state index contributed by atoms with van der Waals surface area (Å²) in [4.78, 5) is 14.5. The number of carbonyl (C=O) groups excluding carboxylic acids is 1. The predicted octanol–water partition coefficient (Wildman–Crippen LogP) is 0.760. The normalized spacial score (nSPS) is 12.3. The first kappa shape index (κ1) is 8.17. The van der Waals surface area contributed by atoms with Gasteiger partial charge in [0.25, 0.3) is 0 Å². The Hall–Kier alpha value is -0.830. The topological polar surface area (TPSA) is 52.3 Å². The van der Waals surface area contributed by atoms with Crippen LogP contribution in [0.5, 0.6) is 0 Å². The highest BCUT2D eigenvalue weighted by molar-refractivity contribution is 5.73. The third-order valence-electron chi connectivity index (χ3n) is 1.15. The van der Waals surface area contributed by atoms with E-state index in [1.807, 2.05) is 6.92 Å². The Morgan fingerprint density at radius 2 is 2.33 bits per heavy atom. The van der Waals surface area contributed by atoms with Gasteiger partial charge in [0.05, 0.1) is 0 Å². The van der Waals surface area contributed by atoms with Crippen molar-refractivity contribution in [1.29, 1.82) is 0 Å². The van der Waals surface area contributed by atoms with Crippen molar-refractivity contribution in [1.82, 2.24) is 0 Å². The van der Waals surface area contributed by atoms with Crippen molar-refractivity contribution in [2.24, 2.45) is 5.90 Å². The van der Waals surface area contributed by atoms with E-state index in [2.05, 4.69) is 4.84 Å². The Kier molecular flexibility index (Phi) is 3.71. The van der Waals surface area contributed by atoms with Crippen LogP contribution in [0.1, 0.15) is 20.3 Å². The summed E-state index contributed by atoms with van der Waals surface area (Å²) < 4.78 is 0. The summed E-state index contributed by atoms with van der Waals surface area (Å²) in [5.41, 5.74) is 0.609. The van der Waals surface area contributed by atoms with Gasteiger partial charge in [0, 0.05) is 5.57 Å². The lowest BCUT2D eigenvalue weighted by atomic mass is 10.2. The summed E-state index contributed by atoms with van der Waals surface area (Å²) in [6, 6.07) is 0. The molecule has 0 amide bonds. The molecular weight excluding hydrogens is 118 g/mol. The lowest BCUT2D eigenvalue weighted by molar-refractivity contribution is -0.105. The van der Waals surface area contributed by atoms with Crippen molar-refractivity contribution < 1.29 is 9.63 Å². The Bertz CT molecular complexity index is 129. The molecular formula is C6H11NO2. The van der Waals surface area contributed by atoms with E-state index in [0.29, 0.717) is 17.8 Å². The molecule has 0 heterocycles. The van der Waals surface area contributed by atoms with Crippen LogP contribution in [-0.2, 0) is 9.63 Å². The zero-order valence-corrected chi connectivity index (χ0v) is 5.68. The first-order chi connectivity index (χ1) is 4.26. The van der Waals surface area contributed by atoms with Crippen LogP contribution < -0.4 is 5.90 Å². The molecule has 52 valence electrons. The Morgan fingerprint density at radius 3 is 2.44 bits per heavy atom. The van der Waals surface area contributed by atoms with Crippen LogP contribution in [0, 0.1) is 0 Å². The minimum Gasteiger partial charge on any atom is -0.416 e. The van der Waals surface area contributed by atoms with Crippen molar-refractivity contribution in [2.45, 2.75) is 20.3 Å². The molecule has 0 fully saturated rings. The standard InChI is InChI=1S/C6H11NO2/c1-3-6(4-8)5(2)9-7/h4H,3,7H2,1-2H3/b6-5+. The van der Waals surface area contributed by atoms with E-state index in [1.165, 1.54) is 0 Å². The number of hydrogen-bond acceptors (Lipinski definition) is 3. The van der Waals surface area contributed by atoms with E-state index in [9.17, 15) is 4.79 Å². The quantitative estimate of drug-likeness (QED) is 0.265. The zero-order chi connectivity index (χ0) is 7.28. The van der Waals surface area contributed by atoms with Gasteiger partial charge in [-0.2, -0.15) is 5.90 Å². The highest BCUT2D eigenvalue weighted by Gasteiger charge is 1.96. The Labute approximate surface area is 54.4 Å². The molecule has 0 atom stereocenters. The van der Waals surface area contributed by atoms with E-state index in [-0.39, 0.29) is 0 Å². The van der Waals surface area contributed by atoms with Gasteiger partial charge in [-0.3, -0.25) is 4.79 Å². The van der Waals surface area contributed by atoms with Crippen molar-refractivity contribution in [3.05, 3.63) is 11.3 Å². The molecule has 3 nitrogen and oxygen atoms in total. The summed E-state index contributed by atoms with van der Waals surface area (Å²) in [5, 5.41) is 0. The van der Waals surface area contributed by atoms with E-state index < -0.39 is 0 Å². The molecule has 9 heavy (non-hydrogen) atoms. The van der Waals surface area contributed by atoms with Crippen LogP contribution in [0.2, 0.25) is 0 Å². The van der Waals surface area contributed by atoms with Gasteiger partial charge in [0.15, 0.2) is 0 Å². The van der Waals surface area contributed by atoms with Crippen LogP contribution >= 0.6 is 0 Å². The molecule has 0 rings (SSSR count). The maximum absolute atomic E-state index is 10.1. The molecule has 0 aromatic rings. The predicted molar refractivity (Wildman–Crippen MR) is 34.3 cm³/mol. The molecule has 0 unspecified atom stereocenters. The average Bonchev–Trinajstić information content (AvgIpc) is 1.90. The Morgan fingerprint density at radius 1 is 1.78 bits per heavy atom. The molecule has 0 aliphatic heterocycles. The van der Waals surface area contributed by atoms with Gasteiger partial charge in [0.2, 0.25) is 0 Å². The number of hydrogen-bond donors (Lipinski definition) is 1. The average molecular weight is 129 g/mol. The lowest BCUT2D eigenvalue weighted by Gasteiger charge is -1.99. The van der Waals surface area contributed by atoms with Gasteiger partial charge >= 0.3 is 0 Å². The minimum absolute atomic E-state index is 0.493. The number of allylic oxidation sites excluding steroid dienone is 2. The van der Waals surface area contributed by atoms with Crippen LogP contribution in [-0.4, -0.2) is 6.29 Å². The van der Waals surface area contributed by atoms with Gasteiger partial charge in [0.1, 0.15) is 12.0 Å². The highest BCUT2D eigenvalue weighted by atomic mass is 16.6. The third-order valence-corrected chi connectivity index (χ3v) is 1.15. The van der Waals surface area contributed by atoms with Crippen molar-refractivity contribution in [2.75, 3.05) is 0 Å². The van der Waals surface area contributed by atoms with Gasteiger partial charge in [-0.15, -0.1) is 0 Å². The monoisotopic (exact) mass is 129 g/mol. The van der Waals surface area contributed by atoms with Crippen LogP contribution in [0.25, 0.3) is 0 Å². The van der Waals surface area contributed by atoms with Crippen LogP contribution in [0.15, 0.2) is 11.3 Å². The smallest absolute Gasteiger partial charge is 0.149 e. The van der Waals surface area contributed by atoms with E-state index in [1.54, 1.807) is 6.92 Å². The second-order valence-electron chi connectivity index (χ2n) is 1.67. The molecule has 0 saturated heterocycles. The summed E-state index contributed by atoms with van der Waals surface area (Å²) in [7, 11) is 0. The van der Waals surface area contributed by atoms with Crippen LogP contribution in [0.3, 0.4) is 0 Å². The maximum atomic E-state index is 10.1. The van der Waals surface area contributed by atoms with Crippen molar-refractivity contribution in [3.8, 4) is 0 Å². The second kappa shape index (κ2) is 4.09. The summed E-state index contributed by atoms with van der Waals surface area (Å²) in [6.07, 6.45) is 1.41. The van der Waals surface area contributed by atoms with Gasteiger partial charge < -0.3 is 4.84 Å². The second-order valence-corrected chi connectivity index (χ2v) is 1.67. The summed E-state index contributed by atoms with van der Waals surface area (Å²) >= 11 is 0. The molecule has 2 N–H and O–H groups in total. The number of aldehydes is 1. The fraction of sp³-hybridized carbons (Fsp3) is 0.500. The first-order valence-corrected chi connectivity index (χ1v) is 2.77. The fourth-order valence-electron chi connectivity index (χ4n) is 0.491. The third kappa shape index (κ3) is 2.28. The molecule has 0 bridgehead atoms. The Balaban J connectivity index is 4.18. The van der Waals surface area contributed by atoms with Gasteiger partial charge in [-0.1, -0.05) is 6.92 Å².